The first-order valence-electron chi connectivity index (χ1n) is 7.52. The summed E-state index contributed by atoms with van der Waals surface area (Å²) in [7, 11) is 2.07. The molecule has 0 spiro atoms. The van der Waals surface area contributed by atoms with Crippen molar-refractivity contribution in [1.29, 1.82) is 0 Å². The number of nitrogens with zero attached hydrogens (tertiary/aromatic N) is 3. The maximum absolute atomic E-state index is 4.45. The molecular formula is C18H18ClN5. The van der Waals surface area contributed by atoms with Crippen LogP contribution in [-0.2, 0) is 7.05 Å². The van der Waals surface area contributed by atoms with Crippen molar-refractivity contribution in [2.75, 3.05) is 5.43 Å². The summed E-state index contributed by atoms with van der Waals surface area (Å²) in [4.78, 5) is 7.65. The van der Waals surface area contributed by atoms with E-state index in [1.165, 1.54) is 16.6 Å². The number of hydrazone groups is 1. The van der Waals surface area contributed by atoms with Crippen LogP contribution in [0.4, 0.5) is 5.95 Å². The number of aromatic nitrogens is 3. The van der Waals surface area contributed by atoms with Crippen LogP contribution in [0.3, 0.4) is 0 Å². The molecule has 0 aliphatic rings. The predicted molar refractivity (Wildman–Crippen MR) is 102 cm³/mol. The number of aromatic amines is 1. The number of benzene rings is 2. The van der Waals surface area contributed by atoms with Gasteiger partial charge in [0.1, 0.15) is 0 Å². The Hall–Kier alpha value is -2.79. The molecule has 24 heavy (non-hydrogen) atoms. The van der Waals surface area contributed by atoms with Gasteiger partial charge in [0.15, 0.2) is 0 Å². The van der Waals surface area contributed by atoms with E-state index in [1.54, 1.807) is 0 Å². The van der Waals surface area contributed by atoms with E-state index in [-0.39, 0.29) is 12.4 Å². The SMILES string of the molecule is Cc1c(/C=N/Nc2nc3ccccc3[nH]2)c2ccccc2n1C.Cl. The molecule has 0 fully saturated rings. The van der Waals surface area contributed by atoms with E-state index in [0.717, 1.165) is 16.6 Å². The Bertz CT molecular complexity index is 995. The molecule has 2 aromatic carbocycles. The summed E-state index contributed by atoms with van der Waals surface area (Å²) in [5, 5.41) is 5.55. The number of halogens is 1. The number of para-hydroxylation sites is 3. The second-order valence-electron chi connectivity index (χ2n) is 5.55. The van der Waals surface area contributed by atoms with Gasteiger partial charge in [0, 0.05) is 29.2 Å². The molecule has 0 radical (unpaired) electrons. The van der Waals surface area contributed by atoms with Crippen molar-refractivity contribution >= 4 is 46.5 Å². The van der Waals surface area contributed by atoms with Crippen LogP contribution in [0.1, 0.15) is 11.3 Å². The number of hydrogen-bond acceptors (Lipinski definition) is 3. The van der Waals surface area contributed by atoms with Gasteiger partial charge in [-0.1, -0.05) is 30.3 Å². The third kappa shape index (κ3) is 2.63. The Morgan fingerprint density at radius 3 is 2.71 bits per heavy atom. The van der Waals surface area contributed by atoms with Crippen LogP contribution >= 0.6 is 12.4 Å². The van der Waals surface area contributed by atoms with Crippen LogP contribution in [0.5, 0.6) is 0 Å². The number of fused-ring (bicyclic) bond motifs is 2. The van der Waals surface area contributed by atoms with Crippen molar-refractivity contribution in [3.63, 3.8) is 0 Å². The van der Waals surface area contributed by atoms with Crippen molar-refractivity contribution in [1.82, 2.24) is 14.5 Å². The molecule has 0 aliphatic heterocycles. The molecule has 0 saturated carbocycles. The number of imidazole rings is 1. The minimum Gasteiger partial charge on any atom is -0.347 e. The summed E-state index contributed by atoms with van der Waals surface area (Å²) < 4.78 is 2.18. The molecule has 2 aromatic heterocycles. The third-order valence-electron chi connectivity index (χ3n) is 4.20. The highest BCUT2D eigenvalue weighted by molar-refractivity contribution is 6.01. The van der Waals surface area contributed by atoms with Crippen LogP contribution in [-0.4, -0.2) is 20.7 Å². The normalized spacial score (nSPS) is 11.2. The molecule has 0 unspecified atom stereocenters. The van der Waals surface area contributed by atoms with Gasteiger partial charge in [-0.15, -0.1) is 12.4 Å². The van der Waals surface area contributed by atoms with Crippen LogP contribution in [0, 0.1) is 6.92 Å². The molecule has 4 rings (SSSR count). The highest BCUT2D eigenvalue weighted by Crippen LogP contribution is 2.23. The van der Waals surface area contributed by atoms with E-state index >= 15 is 0 Å². The molecule has 122 valence electrons. The lowest BCUT2D eigenvalue weighted by Gasteiger charge is -1.97. The molecule has 6 heteroatoms. The Morgan fingerprint density at radius 1 is 1.12 bits per heavy atom. The number of anilines is 1. The second kappa shape index (κ2) is 6.37. The second-order valence-corrected chi connectivity index (χ2v) is 5.55. The molecule has 2 heterocycles. The third-order valence-corrected chi connectivity index (χ3v) is 4.20. The lowest BCUT2D eigenvalue weighted by Crippen LogP contribution is -1.95. The van der Waals surface area contributed by atoms with E-state index in [0.29, 0.717) is 5.95 Å². The Kier molecular flexibility index (Phi) is 4.27. The van der Waals surface area contributed by atoms with Gasteiger partial charge < -0.3 is 9.55 Å². The molecule has 0 aliphatic carbocycles. The fourth-order valence-electron chi connectivity index (χ4n) is 2.88. The highest BCUT2D eigenvalue weighted by Gasteiger charge is 2.09. The number of hydrogen-bond donors (Lipinski definition) is 2. The van der Waals surface area contributed by atoms with Gasteiger partial charge in [-0.2, -0.15) is 5.10 Å². The summed E-state index contributed by atoms with van der Waals surface area (Å²) in [6, 6.07) is 16.2. The predicted octanol–water partition coefficient (Wildman–Crippen LogP) is 4.23. The zero-order valence-corrected chi connectivity index (χ0v) is 14.3. The van der Waals surface area contributed by atoms with Crippen LogP contribution in [0.15, 0.2) is 53.6 Å². The maximum Gasteiger partial charge on any atom is 0.222 e. The first kappa shape index (κ1) is 16.1. The van der Waals surface area contributed by atoms with Gasteiger partial charge in [-0.3, -0.25) is 0 Å². The maximum atomic E-state index is 4.45. The molecule has 0 amide bonds. The summed E-state index contributed by atoms with van der Waals surface area (Å²) in [6.07, 6.45) is 1.85. The monoisotopic (exact) mass is 339 g/mol. The van der Waals surface area contributed by atoms with Crippen LogP contribution < -0.4 is 5.43 Å². The molecule has 5 nitrogen and oxygen atoms in total. The van der Waals surface area contributed by atoms with E-state index < -0.39 is 0 Å². The van der Waals surface area contributed by atoms with Crippen LogP contribution in [0.2, 0.25) is 0 Å². The van der Waals surface area contributed by atoms with Gasteiger partial charge in [-0.25, -0.2) is 10.4 Å². The fourth-order valence-corrected chi connectivity index (χ4v) is 2.88. The molecule has 0 saturated heterocycles. The lowest BCUT2D eigenvalue weighted by atomic mass is 10.1. The summed E-state index contributed by atoms with van der Waals surface area (Å²) in [5.41, 5.74) is 8.40. The van der Waals surface area contributed by atoms with Gasteiger partial charge in [-0.05, 0) is 25.1 Å². The first-order chi connectivity index (χ1) is 11.2. The largest absolute Gasteiger partial charge is 0.347 e. The average Bonchev–Trinajstić information content (AvgIpc) is 3.09. The van der Waals surface area contributed by atoms with Crippen molar-refractivity contribution < 1.29 is 0 Å². The van der Waals surface area contributed by atoms with Gasteiger partial charge >= 0.3 is 0 Å². The summed E-state index contributed by atoms with van der Waals surface area (Å²) in [6.45, 7) is 2.10. The number of aryl methyl sites for hydroxylation is 1. The molecular weight excluding hydrogens is 322 g/mol. The summed E-state index contributed by atoms with van der Waals surface area (Å²) >= 11 is 0. The smallest absolute Gasteiger partial charge is 0.222 e. The first-order valence-corrected chi connectivity index (χ1v) is 7.52. The Balaban J connectivity index is 0.00000169. The Labute approximate surface area is 145 Å². The quantitative estimate of drug-likeness (QED) is 0.433. The van der Waals surface area contributed by atoms with Gasteiger partial charge in [0.25, 0.3) is 0 Å². The van der Waals surface area contributed by atoms with E-state index in [4.69, 9.17) is 0 Å². The zero-order chi connectivity index (χ0) is 15.8. The molecule has 2 N–H and O–H groups in total. The van der Waals surface area contributed by atoms with Crippen molar-refractivity contribution in [3.8, 4) is 0 Å². The highest BCUT2D eigenvalue weighted by atomic mass is 35.5. The molecule has 0 atom stereocenters. The van der Waals surface area contributed by atoms with Crippen molar-refractivity contribution in [2.24, 2.45) is 12.1 Å². The van der Waals surface area contributed by atoms with Gasteiger partial charge in [0.05, 0.1) is 17.2 Å². The number of H-pyrrole nitrogens is 1. The average molecular weight is 340 g/mol. The minimum atomic E-state index is 0. The standard InChI is InChI=1S/C18H17N5.ClH/c1-12-14(13-7-3-6-10-17(13)23(12)2)11-19-22-18-20-15-8-4-5-9-16(15)21-18;/h3-11H,1-2H3,(H2,20,21,22);1H/b19-11+;. The topological polar surface area (TPSA) is 58.0 Å². The zero-order valence-electron chi connectivity index (χ0n) is 13.4. The van der Waals surface area contributed by atoms with Crippen molar-refractivity contribution in [2.45, 2.75) is 6.92 Å². The van der Waals surface area contributed by atoms with E-state index in [1.807, 2.05) is 36.5 Å². The number of rotatable bonds is 3. The van der Waals surface area contributed by atoms with Crippen molar-refractivity contribution in [3.05, 3.63) is 59.8 Å². The minimum absolute atomic E-state index is 0. The van der Waals surface area contributed by atoms with Crippen LogP contribution in [0.25, 0.3) is 21.9 Å². The van der Waals surface area contributed by atoms with E-state index in [9.17, 15) is 0 Å². The number of nitrogens with one attached hydrogen (secondary N) is 2. The molecule has 0 bridgehead atoms. The summed E-state index contributed by atoms with van der Waals surface area (Å²) in [5.74, 6) is 0.639. The fraction of sp³-hybridized carbons (Fsp3) is 0.111. The van der Waals surface area contributed by atoms with E-state index in [2.05, 4.69) is 57.2 Å². The Morgan fingerprint density at radius 2 is 1.88 bits per heavy atom. The van der Waals surface area contributed by atoms with Gasteiger partial charge in [0.2, 0.25) is 5.95 Å². The molecule has 4 aromatic rings. The lowest BCUT2D eigenvalue weighted by molar-refractivity contribution is 0.916.